The molecule has 0 bridgehead atoms. The maximum absolute atomic E-state index is 5.25. The summed E-state index contributed by atoms with van der Waals surface area (Å²) in [6, 6.07) is 0. The van der Waals surface area contributed by atoms with Crippen molar-refractivity contribution in [1.82, 2.24) is 0 Å². The quantitative estimate of drug-likeness (QED) is 0.515. The minimum Gasteiger partial charge on any atom is -0.0930 e. The van der Waals surface area contributed by atoms with Crippen LogP contribution < -0.4 is 0 Å². The van der Waals surface area contributed by atoms with Crippen LogP contribution in [0.2, 0.25) is 0 Å². The van der Waals surface area contributed by atoms with Crippen LogP contribution >= 0.6 is 11.6 Å². The summed E-state index contributed by atoms with van der Waals surface area (Å²) in [5.74, 6) is 0. The van der Waals surface area contributed by atoms with E-state index in [1.54, 1.807) is 0 Å². The molecule has 0 fully saturated rings. The van der Waals surface area contributed by atoms with Crippen LogP contribution in [0.1, 0.15) is 19.8 Å². The zero-order valence-electron chi connectivity index (χ0n) is 5.10. The van der Waals surface area contributed by atoms with Gasteiger partial charge in [0.1, 0.15) is 0 Å². The third kappa shape index (κ3) is 5.77. The molecule has 0 aromatic carbocycles. The lowest BCUT2D eigenvalue weighted by molar-refractivity contribution is 0.959. The van der Waals surface area contributed by atoms with Gasteiger partial charge in [0.25, 0.3) is 0 Å². The van der Waals surface area contributed by atoms with Crippen LogP contribution in [0.3, 0.4) is 0 Å². The Kier molecular flexibility index (Phi) is 6.58. The summed E-state index contributed by atoms with van der Waals surface area (Å²) in [5, 5.41) is 0. The lowest BCUT2D eigenvalue weighted by Gasteiger charge is -1.77. The molecule has 0 aromatic rings. The molecule has 8 heavy (non-hydrogen) atoms. The van der Waals surface area contributed by atoms with Gasteiger partial charge in [0.15, 0.2) is 0 Å². The predicted molar refractivity (Wildman–Crippen MR) is 39.0 cm³/mol. The lowest BCUT2D eigenvalue weighted by Crippen LogP contribution is -1.57. The van der Waals surface area contributed by atoms with E-state index in [0.29, 0.717) is 0 Å². The SMILES string of the molecule is CCC/C=C/C=C/Cl. The van der Waals surface area contributed by atoms with Crippen molar-refractivity contribution < 1.29 is 0 Å². The maximum Gasteiger partial charge on any atom is 0.00423 e. The predicted octanol–water partition coefficient (Wildman–Crippen LogP) is 3.10. The van der Waals surface area contributed by atoms with Gasteiger partial charge in [-0.1, -0.05) is 43.2 Å². The fourth-order valence-electron chi connectivity index (χ4n) is 0.383. The average Bonchev–Trinajstić information content (AvgIpc) is 1.81. The number of halogens is 1. The molecule has 0 aliphatic rings. The molecule has 0 unspecified atom stereocenters. The van der Waals surface area contributed by atoms with Gasteiger partial charge < -0.3 is 0 Å². The first kappa shape index (κ1) is 7.77. The van der Waals surface area contributed by atoms with Gasteiger partial charge in [-0.3, -0.25) is 0 Å². The van der Waals surface area contributed by atoms with Crippen LogP contribution in [0, 0.1) is 0 Å². The van der Waals surface area contributed by atoms with Gasteiger partial charge in [0.2, 0.25) is 0 Å². The Bertz CT molecular complexity index is 82.4. The van der Waals surface area contributed by atoms with Crippen molar-refractivity contribution >= 4 is 11.6 Å². The highest BCUT2D eigenvalue weighted by Crippen LogP contribution is 1.88. The third-order valence-electron chi connectivity index (χ3n) is 0.775. The van der Waals surface area contributed by atoms with Crippen LogP contribution in [0.5, 0.6) is 0 Å². The van der Waals surface area contributed by atoms with Crippen molar-refractivity contribution in [3.8, 4) is 0 Å². The Hall–Kier alpha value is -0.230. The second-order valence-corrected chi connectivity index (χ2v) is 1.79. The van der Waals surface area contributed by atoms with Crippen molar-refractivity contribution in [2.45, 2.75) is 19.8 Å². The van der Waals surface area contributed by atoms with Crippen LogP contribution in [-0.2, 0) is 0 Å². The molecule has 0 spiro atoms. The largest absolute Gasteiger partial charge is 0.0930 e. The van der Waals surface area contributed by atoms with Crippen LogP contribution in [0.4, 0.5) is 0 Å². The number of hydrogen-bond donors (Lipinski definition) is 0. The summed E-state index contributed by atoms with van der Waals surface area (Å²) in [6.45, 7) is 2.15. The van der Waals surface area contributed by atoms with E-state index in [9.17, 15) is 0 Å². The number of rotatable bonds is 3. The van der Waals surface area contributed by atoms with E-state index >= 15 is 0 Å². The molecule has 0 saturated carbocycles. The Labute approximate surface area is 55.9 Å². The van der Waals surface area contributed by atoms with E-state index in [1.165, 1.54) is 12.0 Å². The molecule has 0 N–H and O–H groups in total. The van der Waals surface area contributed by atoms with Crippen LogP contribution in [0.15, 0.2) is 23.8 Å². The first-order valence-corrected chi connectivity index (χ1v) is 3.27. The fourth-order valence-corrected chi connectivity index (χ4v) is 0.467. The Morgan fingerprint density at radius 2 is 2.12 bits per heavy atom. The molecule has 0 rings (SSSR count). The first-order chi connectivity index (χ1) is 3.91. The van der Waals surface area contributed by atoms with Crippen molar-refractivity contribution in [2.75, 3.05) is 0 Å². The highest BCUT2D eigenvalue weighted by atomic mass is 35.5. The van der Waals surface area contributed by atoms with E-state index in [-0.39, 0.29) is 0 Å². The molecule has 0 radical (unpaired) electrons. The summed E-state index contributed by atoms with van der Waals surface area (Å²) < 4.78 is 0. The van der Waals surface area contributed by atoms with Gasteiger partial charge in [-0.15, -0.1) is 0 Å². The van der Waals surface area contributed by atoms with Gasteiger partial charge in [-0.2, -0.15) is 0 Å². The van der Waals surface area contributed by atoms with Gasteiger partial charge in [0, 0.05) is 5.54 Å². The van der Waals surface area contributed by atoms with Crippen LogP contribution in [0.25, 0.3) is 0 Å². The van der Waals surface area contributed by atoms with Crippen molar-refractivity contribution in [3.63, 3.8) is 0 Å². The summed E-state index contributed by atoms with van der Waals surface area (Å²) in [7, 11) is 0. The average molecular weight is 131 g/mol. The summed E-state index contributed by atoms with van der Waals surface area (Å²) in [4.78, 5) is 0. The molecule has 0 heterocycles. The number of allylic oxidation sites excluding steroid dienone is 3. The molecule has 1 heteroatoms. The molecule has 0 aliphatic carbocycles. The van der Waals surface area contributed by atoms with Gasteiger partial charge in [-0.05, 0) is 6.42 Å². The minimum absolute atomic E-state index is 1.14. The zero-order chi connectivity index (χ0) is 6.24. The zero-order valence-corrected chi connectivity index (χ0v) is 5.86. The molecular weight excluding hydrogens is 120 g/mol. The fraction of sp³-hybridized carbons (Fsp3) is 0.429. The van der Waals surface area contributed by atoms with Crippen molar-refractivity contribution in [1.29, 1.82) is 0 Å². The summed E-state index contributed by atoms with van der Waals surface area (Å²) in [6.07, 6.45) is 8.21. The van der Waals surface area contributed by atoms with E-state index in [2.05, 4.69) is 13.0 Å². The molecule has 0 aliphatic heterocycles. The highest BCUT2D eigenvalue weighted by Gasteiger charge is 1.67. The molecular formula is C7H11Cl. The van der Waals surface area contributed by atoms with Crippen molar-refractivity contribution in [2.24, 2.45) is 0 Å². The molecule has 0 amide bonds. The van der Waals surface area contributed by atoms with E-state index < -0.39 is 0 Å². The second-order valence-electron chi connectivity index (χ2n) is 1.54. The topological polar surface area (TPSA) is 0 Å². The smallest absolute Gasteiger partial charge is 0.00423 e. The van der Waals surface area contributed by atoms with E-state index in [1.807, 2.05) is 12.2 Å². The summed E-state index contributed by atoms with van der Waals surface area (Å²) in [5.41, 5.74) is 1.51. The Morgan fingerprint density at radius 3 is 2.62 bits per heavy atom. The van der Waals surface area contributed by atoms with Crippen LogP contribution in [-0.4, -0.2) is 0 Å². The van der Waals surface area contributed by atoms with Gasteiger partial charge in [-0.25, -0.2) is 0 Å². The molecule has 0 aromatic heterocycles. The van der Waals surface area contributed by atoms with E-state index in [4.69, 9.17) is 11.6 Å². The lowest BCUT2D eigenvalue weighted by atomic mass is 10.3. The second kappa shape index (κ2) is 6.77. The molecule has 0 nitrogen and oxygen atoms in total. The Morgan fingerprint density at radius 1 is 1.38 bits per heavy atom. The standard InChI is InChI=1S/C7H11Cl/c1-2-3-4-5-6-7-8/h4-7H,2-3H2,1H3/b5-4+,7-6+. The molecule has 46 valence electrons. The van der Waals surface area contributed by atoms with Gasteiger partial charge in [0.05, 0.1) is 0 Å². The first-order valence-electron chi connectivity index (χ1n) is 2.83. The number of hydrogen-bond acceptors (Lipinski definition) is 0. The minimum atomic E-state index is 1.14. The molecule has 0 saturated heterocycles. The number of unbranched alkanes of at least 4 members (excludes halogenated alkanes) is 1. The third-order valence-corrected chi connectivity index (χ3v) is 0.921. The normalized spacial score (nSPS) is 11.8. The maximum atomic E-state index is 5.25. The Balaban J connectivity index is 3.07. The van der Waals surface area contributed by atoms with E-state index in [0.717, 1.165) is 6.42 Å². The highest BCUT2D eigenvalue weighted by molar-refractivity contribution is 6.25. The molecule has 0 atom stereocenters. The summed E-state index contributed by atoms with van der Waals surface area (Å²) >= 11 is 5.25. The van der Waals surface area contributed by atoms with Crippen molar-refractivity contribution in [3.05, 3.63) is 23.8 Å². The van der Waals surface area contributed by atoms with Gasteiger partial charge >= 0.3 is 0 Å². The monoisotopic (exact) mass is 130 g/mol.